The average Bonchev–Trinajstić information content (AvgIpc) is 3.68. The normalized spacial score (nSPS) is 18.8. The molecule has 1 aromatic heterocycles. The number of benzene rings is 1. The minimum absolute atomic E-state index is 0. The maximum atomic E-state index is 13.6. The molecular weight excluding hydrogens is 526 g/mol. The Hall–Kier alpha value is -3.02. The first kappa shape index (κ1) is 29.0. The van der Waals surface area contributed by atoms with E-state index >= 15 is 0 Å². The number of nitrogens with one attached hydrogen (secondary N) is 2. The lowest BCUT2D eigenvalue weighted by Gasteiger charge is -2.35. The van der Waals surface area contributed by atoms with Crippen molar-refractivity contribution < 1.29 is 24.8 Å². The van der Waals surface area contributed by atoms with Crippen LogP contribution in [0.15, 0.2) is 24.3 Å². The van der Waals surface area contributed by atoms with E-state index in [4.69, 9.17) is 0 Å². The van der Waals surface area contributed by atoms with Gasteiger partial charge in [0.05, 0.1) is 16.9 Å². The van der Waals surface area contributed by atoms with Gasteiger partial charge in [-0.2, -0.15) is 4.98 Å². The van der Waals surface area contributed by atoms with Gasteiger partial charge in [-0.25, -0.2) is 22.2 Å². The number of piperidine rings is 2. The second kappa shape index (κ2) is 12.0. The number of hydrogen-bond acceptors (Lipinski definition) is 7. The van der Waals surface area contributed by atoms with Gasteiger partial charge >= 0.3 is 0 Å². The molecule has 3 fully saturated rings. The summed E-state index contributed by atoms with van der Waals surface area (Å²) in [5, 5.41) is 2.86. The second-order valence-electron chi connectivity index (χ2n) is 10.4. The predicted molar refractivity (Wildman–Crippen MR) is 155 cm³/mol. The molecule has 12 heteroatoms. The number of aryl methyl sites for hydroxylation is 1. The van der Waals surface area contributed by atoms with Crippen molar-refractivity contribution in [2.75, 3.05) is 52.0 Å². The number of carbonyl (C=O) groups is 1. The van der Waals surface area contributed by atoms with E-state index in [1.807, 2.05) is 18.7 Å². The summed E-state index contributed by atoms with van der Waals surface area (Å²) in [5.41, 5.74) is 2.24. The highest BCUT2D eigenvalue weighted by Crippen LogP contribution is 2.54. The van der Waals surface area contributed by atoms with Crippen molar-refractivity contribution in [3.63, 3.8) is 0 Å². The Labute approximate surface area is 232 Å². The van der Waals surface area contributed by atoms with E-state index in [1.54, 1.807) is 25.1 Å². The van der Waals surface area contributed by atoms with Crippen molar-refractivity contribution in [3.05, 3.63) is 35.5 Å². The first-order valence-corrected chi connectivity index (χ1v) is 15.3. The number of carbonyl (C=O) groups excluding carboxylic acids is 1. The number of aromatic nitrogens is 2. The summed E-state index contributed by atoms with van der Waals surface area (Å²) in [4.78, 5) is 26.4. The minimum Gasteiger partial charge on any atom is -0.371 e. The second-order valence-corrected chi connectivity index (χ2v) is 12.0. The molecule has 218 valence electrons. The van der Waals surface area contributed by atoms with Crippen molar-refractivity contribution in [2.24, 2.45) is 5.41 Å². The SMILES string of the molecule is CC.Cc1cc(NC(=O)c2ccc(NS(=O)(=O)CF)cc2N2CCC3(CC2)CC3)nc(N2CCC(F)CC2)n1.[HH].[HH]. The zero-order chi connectivity index (χ0) is 28.2. The summed E-state index contributed by atoms with van der Waals surface area (Å²) in [5.74, 6) is 0.385. The molecule has 1 aliphatic carbocycles. The van der Waals surface area contributed by atoms with Crippen LogP contribution in [0, 0.1) is 12.3 Å². The summed E-state index contributed by atoms with van der Waals surface area (Å²) in [6.45, 7) is 8.33. The van der Waals surface area contributed by atoms with Crippen LogP contribution >= 0.6 is 0 Å². The summed E-state index contributed by atoms with van der Waals surface area (Å²) in [7, 11) is -4.11. The first-order valence-electron chi connectivity index (χ1n) is 13.7. The molecule has 3 aliphatic rings. The Kier molecular flexibility index (Phi) is 8.93. The predicted octanol–water partition coefficient (Wildman–Crippen LogP) is 5.54. The molecule has 1 aromatic carbocycles. The minimum atomic E-state index is -4.11. The Morgan fingerprint density at radius 1 is 1.05 bits per heavy atom. The van der Waals surface area contributed by atoms with Gasteiger partial charge < -0.3 is 15.1 Å². The molecule has 0 unspecified atom stereocenters. The number of anilines is 4. The highest BCUT2D eigenvalue weighted by Gasteiger charge is 2.44. The standard InChI is InChI=1S/C25H32F2N6O3S.C2H6.2H2/c1-17-14-22(30-24(28-17)33-10-4-18(27)5-11-33)29-23(34)20-3-2-19(31-37(35,36)16-26)15-21(20)32-12-8-25(6-7-25)9-13-32;1-2;;/h2-3,14-15,18,31H,4-13,16H2,1H3,(H,28,29,30,34);1-2H3;2*1H. The lowest BCUT2D eigenvalue weighted by Crippen LogP contribution is -2.36. The van der Waals surface area contributed by atoms with Crippen LogP contribution in [0.3, 0.4) is 0 Å². The van der Waals surface area contributed by atoms with E-state index in [2.05, 4.69) is 24.9 Å². The van der Waals surface area contributed by atoms with Gasteiger partial charge in [-0.05, 0) is 69.1 Å². The number of sulfonamides is 1. The number of amides is 1. The maximum Gasteiger partial charge on any atom is 0.262 e. The summed E-state index contributed by atoms with van der Waals surface area (Å²) >= 11 is 0. The molecular formula is C27H42F2N6O3S. The maximum absolute atomic E-state index is 13.6. The Bertz CT molecular complexity index is 1280. The van der Waals surface area contributed by atoms with Crippen LogP contribution in [-0.2, 0) is 10.0 Å². The monoisotopic (exact) mass is 568 g/mol. The number of alkyl halides is 2. The van der Waals surface area contributed by atoms with Gasteiger partial charge in [-0.3, -0.25) is 9.52 Å². The fourth-order valence-corrected chi connectivity index (χ4v) is 5.68. The fourth-order valence-electron chi connectivity index (χ4n) is 5.14. The molecule has 5 rings (SSSR count). The van der Waals surface area contributed by atoms with Gasteiger partial charge in [-0.15, -0.1) is 0 Å². The van der Waals surface area contributed by atoms with Crippen LogP contribution in [0.4, 0.5) is 31.9 Å². The Balaban J connectivity index is 0.00000144. The van der Waals surface area contributed by atoms with Crippen molar-refractivity contribution in [1.29, 1.82) is 0 Å². The molecule has 9 nitrogen and oxygen atoms in total. The van der Waals surface area contributed by atoms with Crippen molar-refractivity contribution in [1.82, 2.24) is 9.97 Å². The smallest absolute Gasteiger partial charge is 0.262 e. The van der Waals surface area contributed by atoms with Gasteiger partial charge in [0.25, 0.3) is 15.9 Å². The van der Waals surface area contributed by atoms with Gasteiger partial charge in [0.2, 0.25) is 12.0 Å². The molecule has 2 aromatic rings. The molecule has 2 N–H and O–H groups in total. The van der Waals surface area contributed by atoms with Gasteiger partial charge in [0.1, 0.15) is 12.0 Å². The first-order chi connectivity index (χ1) is 18.7. The topological polar surface area (TPSA) is 108 Å². The van der Waals surface area contributed by atoms with E-state index in [9.17, 15) is 22.0 Å². The molecule has 3 heterocycles. The molecule has 2 aliphatic heterocycles. The number of nitrogens with zero attached hydrogens (tertiary/aromatic N) is 4. The Morgan fingerprint density at radius 2 is 1.72 bits per heavy atom. The van der Waals surface area contributed by atoms with E-state index in [1.165, 1.54) is 18.9 Å². The van der Waals surface area contributed by atoms with Crippen LogP contribution in [0.2, 0.25) is 0 Å². The van der Waals surface area contributed by atoms with Crippen molar-refractivity contribution in [3.8, 4) is 0 Å². The van der Waals surface area contributed by atoms with Gasteiger partial charge in [0, 0.05) is 40.8 Å². The quantitative estimate of drug-likeness (QED) is 0.451. The van der Waals surface area contributed by atoms with E-state index in [0.29, 0.717) is 60.1 Å². The molecule has 2 saturated heterocycles. The molecule has 0 bridgehead atoms. The van der Waals surface area contributed by atoms with Crippen LogP contribution in [0.5, 0.6) is 0 Å². The average molecular weight is 569 g/mol. The third-order valence-corrected chi connectivity index (χ3v) is 8.41. The molecule has 0 atom stereocenters. The zero-order valence-corrected chi connectivity index (χ0v) is 23.7. The van der Waals surface area contributed by atoms with Crippen LogP contribution in [0.25, 0.3) is 0 Å². The van der Waals surface area contributed by atoms with Crippen molar-refractivity contribution in [2.45, 2.75) is 65.5 Å². The third-order valence-electron chi connectivity index (χ3n) is 7.57. The molecule has 1 spiro atoms. The largest absolute Gasteiger partial charge is 0.371 e. The lowest BCUT2D eigenvalue weighted by atomic mass is 9.93. The zero-order valence-electron chi connectivity index (χ0n) is 22.8. The van der Waals surface area contributed by atoms with Gasteiger partial charge in [-0.1, -0.05) is 13.8 Å². The van der Waals surface area contributed by atoms with E-state index < -0.39 is 28.1 Å². The molecule has 1 amide bonds. The molecule has 39 heavy (non-hydrogen) atoms. The van der Waals surface area contributed by atoms with Crippen molar-refractivity contribution >= 4 is 39.1 Å². The number of halogens is 2. The Morgan fingerprint density at radius 3 is 2.33 bits per heavy atom. The summed E-state index contributed by atoms with van der Waals surface area (Å²) in [6.07, 6.45) is 4.49. The van der Waals surface area contributed by atoms with Gasteiger partial charge in [0.15, 0.2) is 0 Å². The highest BCUT2D eigenvalue weighted by molar-refractivity contribution is 7.92. The molecule has 1 saturated carbocycles. The summed E-state index contributed by atoms with van der Waals surface area (Å²) < 4.78 is 52.3. The summed E-state index contributed by atoms with van der Waals surface area (Å²) in [6, 6.07) is 4.73. The van der Waals surface area contributed by atoms with Crippen LogP contribution in [-0.4, -0.2) is 62.7 Å². The van der Waals surface area contributed by atoms with E-state index in [0.717, 1.165) is 25.9 Å². The lowest BCUT2D eigenvalue weighted by molar-refractivity contribution is 0.102. The number of rotatable bonds is 7. The van der Waals surface area contributed by atoms with E-state index in [-0.39, 0.29) is 8.54 Å². The van der Waals surface area contributed by atoms with Crippen LogP contribution in [0.1, 0.15) is 71.3 Å². The fraction of sp³-hybridized carbons (Fsp3) is 0.593. The number of hydrogen-bond donors (Lipinski definition) is 2. The molecule has 0 radical (unpaired) electrons. The third kappa shape index (κ3) is 7.14. The highest BCUT2D eigenvalue weighted by atomic mass is 32.2. The van der Waals surface area contributed by atoms with Crippen LogP contribution < -0.4 is 19.8 Å².